The first-order chi connectivity index (χ1) is 12.6. The van der Waals surface area contributed by atoms with Crippen LogP contribution in [-0.4, -0.2) is 85.5 Å². The lowest BCUT2D eigenvalue weighted by Crippen LogP contribution is -2.53. The first kappa shape index (κ1) is 21.2. The molecule has 2 fully saturated rings. The summed E-state index contributed by atoms with van der Waals surface area (Å²) in [7, 11) is 2.18. The number of unbranched alkanes of at least 4 members (excludes halogenated alkanes) is 3. The summed E-state index contributed by atoms with van der Waals surface area (Å²) in [6.45, 7) is 8.84. The number of esters is 1. The number of likely N-dealkylation sites (tertiary alicyclic amines) is 1. The predicted octanol–water partition coefficient (Wildman–Crippen LogP) is 2.13. The minimum atomic E-state index is -0.234. The third kappa shape index (κ3) is 7.23. The normalized spacial score (nSPS) is 20.3. The first-order valence-corrected chi connectivity index (χ1v) is 10.5. The largest absolute Gasteiger partial charge is 0.466 e. The van der Waals surface area contributed by atoms with E-state index in [-0.39, 0.29) is 24.7 Å². The monoisotopic (exact) mass is 367 g/mol. The van der Waals surface area contributed by atoms with Crippen molar-refractivity contribution < 1.29 is 14.3 Å². The molecule has 1 amide bonds. The number of nitrogens with zero attached hydrogens (tertiary/aromatic N) is 3. The van der Waals surface area contributed by atoms with Crippen LogP contribution >= 0.6 is 0 Å². The maximum atomic E-state index is 12.3. The van der Waals surface area contributed by atoms with Crippen LogP contribution in [0.25, 0.3) is 0 Å². The van der Waals surface area contributed by atoms with Gasteiger partial charge in [0.1, 0.15) is 0 Å². The molecule has 26 heavy (non-hydrogen) atoms. The van der Waals surface area contributed by atoms with Gasteiger partial charge in [-0.25, -0.2) is 0 Å². The summed E-state index contributed by atoms with van der Waals surface area (Å²) in [4.78, 5) is 31.0. The third-order valence-electron chi connectivity index (χ3n) is 5.68. The van der Waals surface area contributed by atoms with Crippen molar-refractivity contribution in [3.63, 3.8) is 0 Å². The van der Waals surface area contributed by atoms with Crippen molar-refractivity contribution in [3.8, 4) is 0 Å². The Bertz CT molecular complexity index is 428. The van der Waals surface area contributed by atoms with Gasteiger partial charge in [0.25, 0.3) is 0 Å². The van der Waals surface area contributed by atoms with E-state index in [2.05, 4.69) is 23.8 Å². The molecule has 6 nitrogen and oxygen atoms in total. The van der Waals surface area contributed by atoms with Gasteiger partial charge in [0, 0.05) is 51.7 Å². The molecule has 150 valence electrons. The van der Waals surface area contributed by atoms with E-state index in [0.717, 1.165) is 65.0 Å². The fourth-order valence-electron chi connectivity index (χ4n) is 3.82. The molecule has 6 heteroatoms. The van der Waals surface area contributed by atoms with Gasteiger partial charge in [-0.15, -0.1) is 0 Å². The van der Waals surface area contributed by atoms with Crippen molar-refractivity contribution in [2.75, 3.05) is 52.9 Å². The highest BCUT2D eigenvalue weighted by molar-refractivity contribution is 5.81. The zero-order valence-corrected chi connectivity index (χ0v) is 16.8. The van der Waals surface area contributed by atoms with Crippen LogP contribution in [0.5, 0.6) is 0 Å². The van der Waals surface area contributed by atoms with Gasteiger partial charge in [-0.1, -0.05) is 26.2 Å². The minimum Gasteiger partial charge on any atom is -0.466 e. The number of piperazine rings is 1. The summed E-state index contributed by atoms with van der Waals surface area (Å²) in [6.07, 6.45) is 6.99. The second-order valence-electron chi connectivity index (χ2n) is 7.73. The molecule has 0 aromatic carbocycles. The lowest BCUT2D eigenvalue weighted by Gasteiger charge is -2.42. The lowest BCUT2D eigenvalue weighted by molar-refractivity contribution is -0.146. The van der Waals surface area contributed by atoms with Crippen LogP contribution in [0.15, 0.2) is 0 Å². The van der Waals surface area contributed by atoms with Crippen LogP contribution in [0.4, 0.5) is 0 Å². The van der Waals surface area contributed by atoms with Crippen molar-refractivity contribution >= 4 is 11.9 Å². The van der Waals surface area contributed by atoms with Crippen LogP contribution < -0.4 is 0 Å². The van der Waals surface area contributed by atoms with E-state index in [0.29, 0.717) is 12.6 Å². The Morgan fingerprint density at radius 2 is 1.62 bits per heavy atom. The van der Waals surface area contributed by atoms with Gasteiger partial charge >= 0.3 is 5.97 Å². The van der Waals surface area contributed by atoms with Gasteiger partial charge in [-0.05, 0) is 26.3 Å². The Morgan fingerprint density at radius 3 is 2.27 bits per heavy atom. The second-order valence-corrected chi connectivity index (χ2v) is 7.73. The van der Waals surface area contributed by atoms with Crippen molar-refractivity contribution in [3.05, 3.63) is 0 Å². The zero-order chi connectivity index (χ0) is 18.8. The molecule has 0 N–H and O–H groups in total. The van der Waals surface area contributed by atoms with E-state index in [4.69, 9.17) is 4.74 Å². The summed E-state index contributed by atoms with van der Waals surface area (Å²) in [5.41, 5.74) is 0. The van der Waals surface area contributed by atoms with Gasteiger partial charge in [0.15, 0.2) is 0 Å². The lowest BCUT2D eigenvalue weighted by atomic mass is 10.0. The van der Waals surface area contributed by atoms with E-state index in [9.17, 15) is 9.59 Å². The summed E-state index contributed by atoms with van der Waals surface area (Å²) in [5, 5.41) is 0. The van der Waals surface area contributed by atoms with E-state index >= 15 is 0 Å². The topological polar surface area (TPSA) is 53.1 Å². The number of amides is 1. The Kier molecular flexibility index (Phi) is 9.40. The van der Waals surface area contributed by atoms with Crippen LogP contribution in [0.1, 0.15) is 58.3 Å². The van der Waals surface area contributed by atoms with Crippen molar-refractivity contribution in [2.45, 2.75) is 64.3 Å². The average Bonchev–Trinajstić information content (AvgIpc) is 2.66. The standard InChI is InChI=1S/C20H37N3O3/c1-3-4-5-6-17-26-20(25)8-7-19(24)23-11-9-18(10-12-23)22-15-13-21(2)14-16-22/h18H,3-17H2,1-2H3. The van der Waals surface area contributed by atoms with E-state index in [1.165, 1.54) is 12.8 Å². The van der Waals surface area contributed by atoms with Crippen molar-refractivity contribution in [1.29, 1.82) is 0 Å². The summed E-state index contributed by atoms with van der Waals surface area (Å²) < 4.78 is 5.21. The van der Waals surface area contributed by atoms with Crippen LogP contribution in [0.2, 0.25) is 0 Å². The molecule has 2 rings (SSSR count). The molecule has 2 heterocycles. The molecule has 0 bridgehead atoms. The maximum Gasteiger partial charge on any atom is 0.306 e. The highest BCUT2D eigenvalue weighted by Crippen LogP contribution is 2.19. The smallest absolute Gasteiger partial charge is 0.306 e. The number of piperidine rings is 1. The van der Waals surface area contributed by atoms with Crippen LogP contribution in [0, 0.1) is 0 Å². The summed E-state index contributed by atoms with van der Waals surface area (Å²) >= 11 is 0. The molecule has 0 spiro atoms. The maximum absolute atomic E-state index is 12.3. The molecular weight excluding hydrogens is 330 g/mol. The van der Waals surface area contributed by atoms with Crippen LogP contribution in [-0.2, 0) is 14.3 Å². The molecule has 2 aliphatic rings. The van der Waals surface area contributed by atoms with Crippen molar-refractivity contribution in [2.24, 2.45) is 0 Å². The minimum absolute atomic E-state index is 0.102. The molecule has 0 radical (unpaired) electrons. The molecule has 0 saturated carbocycles. The van der Waals surface area contributed by atoms with Gasteiger partial charge in [0.2, 0.25) is 5.91 Å². The number of carbonyl (C=O) groups is 2. The number of carbonyl (C=O) groups excluding carboxylic acids is 2. The molecule has 0 aromatic heterocycles. The number of rotatable bonds is 9. The fourth-order valence-corrected chi connectivity index (χ4v) is 3.82. The Labute approximate surface area is 158 Å². The molecule has 2 aliphatic heterocycles. The molecule has 0 unspecified atom stereocenters. The zero-order valence-electron chi connectivity index (χ0n) is 16.8. The fraction of sp³-hybridized carbons (Fsp3) is 0.900. The van der Waals surface area contributed by atoms with Gasteiger partial charge in [-0.3, -0.25) is 14.5 Å². The number of hydrogen-bond donors (Lipinski definition) is 0. The molecule has 0 aromatic rings. The quantitative estimate of drug-likeness (QED) is 0.462. The molecule has 2 saturated heterocycles. The SMILES string of the molecule is CCCCCCOC(=O)CCC(=O)N1CCC(N2CCN(C)CC2)CC1. The highest BCUT2D eigenvalue weighted by atomic mass is 16.5. The van der Waals surface area contributed by atoms with Crippen molar-refractivity contribution in [1.82, 2.24) is 14.7 Å². The number of likely N-dealkylation sites (N-methyl/N-ethyl adjacent to an activating group) is 1. The summed E-state index contributed by atoms with van der Waals surface area (Å²) in [6, 6.07) is 0.612. The third-order valence-corrected chi connectivity index (χ3v) is 5.68. The predicted molar refractivity (Wildman–Crippen MR) is 103 cm³/mol. The molecule has 0 atom stereocenters. The Hall–Kier alpha value is -1.14. The number of hydrogen-bond acceptors (Lipinski definition) is 5. The van der Waals surface area contributed by atoms with E-state index in [1.54, 1.807) is 0 Å². The highest BCUT2D eigenvalue weighted by Gasteiger charge is 2.28. The first-order valence-electron chi connectivity index (χ1n) is 10.5. The summed E-state index contributed by atoms with van der Waals surface area (Å²) in [5.74, 6) is -0.132. The molecular formula is C20H37N3O3. The van der Waals surface area contributed by atoms with Gasteiger partial charge in [-0.2, -0.15) is 0 Å². The second kappa shape index (κ2) is 11.5. The van der Waals surface area contributed by atoms with E-state index in [1.807, 2.05) is 4.90 Å². The Balaban J connectivity index is 1.57. The molecule has 0 aliphatic carbocycles. The van der Waals surface area contributed by atoms with Crippen LogP contribution in [0.3, 0.4) is 0 Å². The Morgan fingerprint density at radius 1 is 0.923 bits per heavy atom. The van der Waals surface area contributed by atoms with Gasteiger partial charge < -0.3 is 14.5 Å². The van der Waals surface area contributed by atoms with E-state index < -0.39 is 0 Å². The average molecular weight is 368 g/mol. The number of ether oxygens (including phenoxy) is 1. The van der Waals surface area contributed by atoms with Gasteiger partial charge in [0.05, 0.1) is 13.0 Å².